The predicted octanol–water partition coefficient (Wildman–Crippen LogP) is 0.825. The van der Waals surface area contributed by atoms with Gasteiger partial charge in [0.2, 0.25) is 17.7 Å². The molecule has 2 heterocycles. The smallest absolute Gasteiger partial charge is 0.229 e. The van der Waals surface area contributed by atoms with Crippen LogP contribution >= 0.6 is 0 Å². The fraction of sp³-hybridized carbons (Fsp3) is 0.500. The highest BCUT2D eigenvalue weighted by Gasteiger charge is 2.07. The molecule has 0 bridgehead atoms. The average Bonchev–Trinajstić information content (AvgIpc) is 2.45. The van der Waals surface area contributed by atoms with Crippen LogP contribution in [0.1, 0.15) is 6.42 Å². The van der Waals surface area contributed by atoms with Crippen LogP contribution in [0.5, 0.6) is 11.8 Å². The monoisotopic (exact) mass is 250 g/mol. The van der Waals surface area contributed by atoms with Gasteiger partial charge in [-0.3, -0.25) is 0 Å². The van der Waals surface area contributed by atoms with E-state index in [1.54, 1.807) is 20.3 Å². The third kappa shape index (κ3) is 3.33. The Labute approximate surface area is 106 Å². The Morgan fingerprint density at radius 1 is 1.28 bits per heavy atom. The molecule has 6 heteroatoms. The topological polar surface area (TPSA) is 68.3 Å². The molecule has 0 atom stereocenters. The molecule has 1 aliphatic rings. The highest BCUT2D eigenvalue weighted by molar-refractivity contribution is 5.35. The summed E-state index contributed by atoms with van der Waals surface area (Å²) in [6.45, 7) is 2.70. The van der Waals surface area contributed by atoms with Crippen LogP contribution in [0.4, 0.5) is 5.95 Å². The highest BCUT2D eigenvalue weighted by Crippen LogP contribution is 2.17. The molecular weight excluding hydrogens is 232 g/mol. The number of anilines is 1. The van der Waals surface area contributed by atoms with Crippen molar-refractivity contribution >= 4 is 5.95 Å². The van der Waals surface area contributed by atoms with Gasteiger partial charge in [-0.15, -0.1) is 0 Å². The molecule has 0 spiro atoms. The molecule has 0 fully saturated rings. The maximum atomic E-state index is 5.09. The van der Waals surface area contributed by atoms with E-state index in [2.05, 4.69) is 26.7 Å². The maximum absolute atomic E-state index is 5.09. The van der Waals surface area contributed by atoms with E-state index in [1.165, 1.54) is 5.57 Å². The predicted molar refractivity (Wildman–Crippen MR) is 69.2 cm³/mol. The Balaban J connectivity index is 2.01. The zero-order valence-electron chi connectivity index (χ0n) is 10.7. The van der Waals surface area contributed by atoms with Crippen LogP contribution < -0.4 is 20.1 Å². The molecule has 6 nitrogen and oxygen atoms in total. The van der Waals surface area contributed by atoms with Gasteiger partial charge in [0.1, 0.15) is 0 Å². The Hall–Kier alpha value is -1.82. The van der Waals surface area contributed by atoms with E-state index < -0.39 is 0 Å². The van der Waals surface area contributed by atoms with Gasteiger partial charge in [-0.2, -0.15) is 9.97 Å². The molecule has 1 aromatic heterocycles. The van der Waals surface area contributed by atoms with Crippen molar-refractivity contribution in [3.63, 3.8) is 0 Å². The number of hydrogen-bond donors (Lipinski definition) is 2. The highest BCUT2D eigenvalue weighted by atomic mass is 16.5. The van der Waals surface area contributed by atoms with Crippen molar-refractivity contribution < 1.29 is 9.47 Å². The summed E-state index contributed by atoms with van der Waals surface area (Å²) >= 11 is 0. The minimum atomic E-state index is 0.489. The second-order valence-corrected chi connectivity index (χ2v) is 3.95. The zero-order valence-corrected chi connectivity index (χ0v) is 10.7. The molecule has 0 aliphatic carbocycles. The Bertz CT molecular complexity index is 412. The third-order valence-corrected chi connectivity index (χ3v) is 2.73. The van der Waals surface area contributed by atoms with Crippen molar-refractivity contribution in [2.24, 2.45) is 0 Å². The summed E-state index contributed by atoms with van der Waals surface area (Å²) in [5, 5.41) is 6.46. The van der Waals surface area contributed by atoms with Gasteiger partial charge in [-0.05, 0) is 13.0 Å². The van der Waals surface area contributed by atoms with E-state index in [4.69, 9.17) is 9.47 Å². The van der Waals surface area contributed by atoms with Gasteiger partial charge in [0.15, 0.2) is 0 Å². The molecule has 0 aromatic carbocycles. The number of ether oxygens (including phenoxy) is 2. The molecule has 0 amide bonds. The number of methoxy groups -OCH3 is 2. The van der Waals surface area contributed by atoms with Crippen LogP contribution in [-0.2, 0) is 0 Å². The normalized spacial score (nSPS) is 14.9. The summed E-state index contributed by atoms with van der Waals surface area (Å²) in [4.78, 5) is 8.43. The molecule has 18 heavy (non-hydrogen) atoms. The first-order valence-electron chi connectivity index (χ1n) is 5.91. The van der Waals surface area contributed by atoms with Gasteiger partial charge < -0.3 is 20.1 Å². The third-order valence-electron chi connectivity index (χ3n) is 2.73. The van der Waals surface area contributed by atoms with Crippen LogP contribution in [0.25, 0.3) is 0 Å². The van der Waals surface area contributed by atoms with Crippen LogP contribution in [0.3, 0.4) is 0 Å². The number of rotatable bonds is 5. The molecule has 0 unspecified atom stereocenters. The minimum Gasteiger partial charge on any atom is -0.481 e. The van der Waals surface area contributed by atoms with Gasteiger partial charge in [-0.1, -0.05) is 11.6 Å². The van der Waals surface area contributed by atoms with E-state index in [0.717, 1.165) is 26.1 Å². The van der Waals surface area contributed by atoms with E-state index in [1.807, 2.05) is 0 Å². The summed E-state index contributed by atoms with van der Waals surface area (Å²) < 4.78 is 10.2. The summed E-state index contributed by atoms with van der Waals surface area (Å²) in [6.07, 6.45) is 3.24. The lowest BCUT2D eigenvalue weighted by Gasteiger charge is -2.15. The molecule has 0 saturated heterocycles. The van der Waals surface area contributed by atoms with Gasteiger partial charge >= 0.3 is 0 Å². The lowest BCUT2D eigenvalue weighted by atomic mass is 10.1. The number of aromatic nitrogens is 2. The Morgan fingerprint density at radius 2 is 2.00 bits per heavy atom. The lowest BCUT2D eigenvalue weighted by Crippen LogP contribution is -2.23. The summed E-state index contributed by atoms with van der Waals surface area (Å²) in [5.41, 5.74) is 1.36. The second kappa shape index (κ2) is 6.20. The maximum Gasteiger partial charge on any atom is 0.229 e. The second-order valence-electron chi connectivity index (χ2n) is 3.95. The number of hydrogen-bond acceptors (Lipinski definition) is 6. The largest absolute Gasteiger partial charge is 0.481 e. The summed E-state index contributed by atoms with van der Waals surface area (Å²) in [5.74, 6) is 1.50. The first-order valence-corrected chi connectivity index (χ1v) is 5.91. The van der Waals surface area contributed by atoms with Gasteiger partial charge in [0.25, 0.3) is 0 Å². The van der Waals surface area contributed by atoms with Crippen LogP contribution in [-0.4, -0.2) is 43.8 Å². The van der Waals surface area contributed by atoms with E-state index in [9.17, 15) is 0 Å². The average molecular weight is 250 g/mol. The van der Waals surface area contributed by atoms with E-state index in [0.29, 0.717) is 17.7 Å². The van der Waals surface area contributed by atoms with Crippen molar-refractivity contribution in [3.05, 3.63) is 17.7 Å². The lowest BCUT2D eigenvalue weighted by molar-refractivity contribution is 0.373. The van der Waals surface area contributed by atoms with Crippen molar-refractivity contribution in [2.45, 2.75) is 6.42 Å². The molecule has 1 aromatic rings. The molecule has 0 radical (unpaired) electrons. The first kappa shape index (κ1) is 12.6. The van der Waals surface area contributed by atoms with Gasteiger partial charge in [-0.25, -0.2) is 0 Å². The fourth-order valence-corrected chi connectivity index (χ4v) is 1.71. The van der Waals surface area contributed by atoms with Crippen molar-refractivity contribution in [3.8, 4) is 11.8 Å². The fourth-order valence-electron chi connectivity index (χ4n) is 1.71. The van der Waals surface area contributed by atoms with E-state index in [-0.39, 0.29) is 0 Å². The Kier molecular flexibility index (Phi) is 4.35. The molecule has 0 saturated carbocycles. The quantitative estimate of drug-likeness (QED) is 0.754. The summed E-state index contributed by atoms with van der Waals surface area (Å²) in [6, 6.07) is 1.65. The number of nitrogens with zero attached hydrogens (tertiary/aromatic N) is 2. The number of nitrogens with one attached hydrogen (secondary N) is 2. The minimum absolute atomic E-state index is 0.489. The van der Waals surface area contributed by atoms with Gasteiger partial charge in [0.05, 0.1) is 20.3 Å². The van der Waals surface area contributed by atoms with Crippen molar-refractivity contribution in [1.29, 1.82) is 0 Å². The van der Waals surface area contributed by atoms with Crippen molar-refractivity contribution in [2.75, 3.05) is 39.2 Å². The van der Waals surface area contributed by atoms with Crippen molar-refractivity contribution in [1.82, 2.24) is 15.3 Å². The molecule has 2 rings (SSSR count). The molecule has 98 valence electrons. The Morgan fingerprint density at radius 3 is 2.56 bits per heavy atom. The standard InChI is InChI=1S/C12H18N4O2/c1-17-10-7-11(18-2)16-12(15-10)14-8-9-3-5-13-6-4-9/h3,7,13H,4-6,8H2,1-2H3,(H,14,15,16). The zero-order chi connectivity index (χ0) is 12.8. The summed E-state index contributed by atoms with van der Waals surface area (Å²) in [7, 11) is 3.14. The van der Waals surface area contributed by atoms with Crippen LogP contribution in [0.2, 0.25) is 0 Å². The molecular formula is C12H18N4O2. The van der Waals surface area contributed by atoms with Crippen LogP contribution in [0.15, 0.2) is 17.7 Å². The molecule has 1 aliphatic heterocycles. The van der Waals surface area contributed by atoms with E-state index >= 15 is 0 Å². The van der Waals surface area contributed by atoms with Crippen LogP contribution in [0, 0.1) is 0 Å². The molecule has 2 N–H and O–H groups in total. The SMILES string of the molecule is COc1cc(OC)nc(NCC2=CCNCC2)n1. The first-order chi connectivity index (χ1) is 8.81. The van der Waals surface area contributed by atoms with Gasteiger partial charge in [0, 0.05) is 13.1 Å².